The van der Waals surface area contributed by atoms with Crippen molar-refractivity contribution in [3.63, 3.8) is 0 Å². The first-order valence-corrected chi connectivity index (χ1v) is 6.15. The Morgan fingerprint density at radius 2 is 2.11 bits per heavy atom. The van der Waals surface area contributed by atoms with Gasteiger partial charge in [-0.3, -0.25) is 9.59 Å². The highest BCUT2D eigenvalue weighted by atomic mass is 16.2. The van der Waals surface area contributed by atoms with Crippen molar-refractivity contribution in [3.05, 3.63) is 18.2 Å². The number of aromatic nitrogens is 2. The molecular weight excluding hydrogens is 230 g/mol. The SMILES string of the molecule is CC(C)C(=O)C(C)(C)C(=O)NCCc1cnc[nH]1. The van der Waals surface area contributed by atoms with E-state index in [-0.39, 0.29) is 17.6 Å². The Kier molecular flexibility index (Phi) is 4.64. The molecule has 100 valence electrons. The van der Waals surface area contributed by atoms with Crippen LogP contribution >= 0.6 is 0 Å². The van der Waals surface area contributed by atoms with Gasteiger partial charge in [-0.05, 0) is 13.8 Å². The van der Waals surface area contributed by atoms with Gasteiger partial charge in [0.15, 0.2) is 0 Å². The van der Waals surface area contributed by atoms with E-state index in [1.807, 2.05) is 13.8 Å². The van der Waals surface area contributed by atoms with Crippen LogP contribution < -0.4 is 5.32 Å². The van der Waals surface area contributed by atoms with Crippen LogP contribution in [0.25, 0.3) is 0 Å². The number of nitrogens with one attached hydrogen (secondary N) is 2. The second-order valence-corrected chi connectivity index (χ2v) is 5.23. The summed E-state index contributed by atoms with van der Waals surface area (Å²) in [6.45, 7) is 7.45. The third kappa shape index (κ3) is 3.42. The summed E-state index contributed by atoms with van der Waals surface area (Å²) in [6, 6.07) is 0. The minimum absolute atomic E-state index is 0.0402. The summed E-state index contributed by atoms with van der Waals surface area (Å²) >= 11 is 0. The zero-order valence-corrected chi connectivity index (χ0v) is 11.4. The van der Waals surface area contributed by atoms with Crippen LogP contribution in [0.15, 0.2) is 12.5 Å². The first-order valence-electron chi connectivity index (χ1n) is 6.15. The van der Waals surface area contributed by atoms with Crippen molar-refractivity contribution in [1.82, 2.24) is 15.3 Å². The summed E-state index contributed by atoms with van der Waals surface area (Å²) in [6.07, 6.45) is 4.00. The van der Waals surface area contributed by atoms with Crippen LogP contribution in [0.2, 0.25) is 0 Å². The van der Waals surface area contributed by atoms with Gasteiger partial charge in [0.1, 0.15) is 11.2 Å². The van der Waals surface area contributed by atoms with E-state index >= 15 is 0 Å². The molecule has 5 nitrogen and oxygen atoms in total. The van der Waals surface area contributed by atoms with Gasteiger partial charge in [-0.25, -0.2) is 4.98 Å². The lowest BCUT2D eigenvalue weighted by Crippen LogP contribution is -2.44. The summed E-state index contributed by atoms with van der Waals surface area (Å²) < 4.78 is 0. The normalized spacial score (nSPS) is 11.6. The van der Waals surface area contributed by atoms with Crippen molar-refractivity contribution in [2.75, 3.05) is 6.54 Å². The molecule has 5 heteroatoms. The van der Waals surface area contributed by atoms with Gasteiger partial charge in [0.2, 0.25) is 5.91 Å². The molecule has 1 amide bonds. The van der Waals surface area contributed by atoms with Crippen molar-refractivity contribution in [2.45, 2.75) is 34.1 Å². The van der Waals surface area contributed by atoms with Crippen molar-refractivity contribution >= 4 is 11.7 Å². The van der Waals surface area contributed by atoms with Gasteiger partial charge in [0.25, 0.3) is 0 Å². The number of nitrogens with zero attached hydrogens (tertiary/aromatic N) is 1. The monoisotopic (exact) mass is 251 g/mol. The smallest absolute Gasteiger partial charge is 0.233 e. The molecule has 2 N–H and O–H groups in total. The summed E-state index contributed by atoms with van der Waals surface area (Å²) in [5, 5.41) is 2.79. The number of hydrogen-bond donors (Lipinski definition) is 2. The Morgan fingerprint density at radius 3 is 2.61 bits per heavy atom. The minimum atomic E-state index is -0.970. The number of carbonyl (C=O) groups excluding carboxylic acids is 2. The van der Waals surface area contributed by atoms with Gasteiger partial charge in [0, 0.05) is 30.8 Å². The molecule has 0 unspecified atom stereocenters. The van der Waals surface area contributed by atoms with Crippen LogP contribution in [0.4, 0.5) is 0 Å². The Labute approximate surface area is 107 Å². The Morgan fingerprint density at radius 1 is 1.44 bits per heavy atom. The summed E-state index contributed by atoms with van der Waals surface area (Å²) in [5.74, 6) is -0.402. The fraction of sp³-hybridized carbons (Fsp3) is 0.615. The molecule has 1 heterocycles. The molecule has 0 aliphatic carbocycles. The standard InChI is InChI=1S/C13H21N3O2/c1-9(2)11(17)13(3,4)12(18)15-6-5-10-7-14-8-16-10/h7-9H,5-6H2,1-4H3,(H,14,16)(H,15,18). The highest BCUT2D eigenvalue weighted by molar-refractivity contribution is 6.05. The zero-order chi connectivity index (χ0) is 13.8. The number of carbonyl (C=O) groups is 2. The van der Waals surface area contributed by atoms with Crippen LogP contribution in [0.5, 0.6) is 0 Å². The fourth-order valence-corrected chi connectivity index (χ4v) is 1.79. The molecule has 1 aromatic rings. The van der Waals surface area contributed by atoms with Gasteiger partial charge in [0.05, 0.1) is 6.33 Å². The van der Waals surface area contributed by atoms with Gasteiger partial charge in [-0.15, -0.1) is 0 Å². The largest absolute Gasteiger partial charge is 0.355 e. The van der Waals surface area contributed by atoms with E-state index in [2.05, 4.69) is 15.3 Å². The molecule has 0 aliphatic rings. The average Bonchev–Trinajstić information content (AvgIpc) is 2.80. The van der Waals surface area contributed by atoms with E-state index in [9.17, 15) is 9.59 Å². The maximum atomic E-state index is 12.0. The average molecular weight is 251 g/mol. The van der Waals surface area contributed by atoms with Crippen LogP contribution in [0, 0.1) is 11.3 Å². The Bertz CT molecular complexity index is 408. The highest BCUT2D eigenvalue weighted by Crippen LogP contribution is 2.21. The van der Waals surface area contributed by atoms with Crippen LogP contribution in [0.3, 0.4) is 0 Å². The molecule has 0 aliphatic heterocycles. The Hall–Kier alpha value is -1.65. The molecule has 0 saturated heterocycles. The zero-order valence-electron chi connectivity index (χ0n) is 11.4. The van der Waals surface area contributed by atoms with Gasteiger partial charge >= 0.3 is 0 Å². The van der Waals surface area contributed by atoms with Crippen molar-refractivity contribution in [2.24, 2.45) is 11.3 Å². The van der Waals surface area contributed by atoms with Crippen molar-refractivity contribution in [1.29, 1.82) is 0 Å². The van der Waals surface area contributed by atoms with E-state index in [0.29, 0.717) is 13.0 Å². The van der Waals surface area contributed by atoms with Crippen LogP contribution in [0.1, 0.15) is 33.4 Å². The van der Waals surface area contributed by atoms with Crippen molar-refractivity contribution < 1.29 is 9.59 Å². The summed E-state index contributed by atoms with van der Waals surface area (Å²) in [5.41, 5.74) is -0.00871. The van der Waals surface area contributed by atoms with E-state index < -0.39 is 5.41 Å². The van der Waals surface area contributed by atoms with Crippen LogP contribution in [-0.2, 0) is 16.0 Å². The number of H-pyrrole nitrogens is 1. The quantitative estimate of drug-likeness (QED) is 0.749. The number of imidazole rings is 1. The van der Waals surface area contributed by atoms with Crippen LogP contribution in [-0.4, -0.2) is 28.2 Å². The van der Waals surface area contributed by atoms with E-state index in [4.69, 9.17) is 0 Å². The summed E-state index contributed by atoms with van der Waals surface area (Å²) in [4.78, 5) is 30.8. The molecule has 0 spiro atoms. The number of aromatic amines is 1. The minimum Gasteiger partial charge on any atom is -0.355 e. The molecule has 1 aromatic heterocycles. The Balaban J connectivity index is 2.47. The number of ketones is 1. The van der Waals surface area contributed by atoms with E-state index in [0.717, 1.165) is 5.69 Å². The maximum absolute atomic E-state index is 12.0. The molecule has 0 atom stereocenters. The van der Waals surface area contributed by atoms with Gasteiger partial charge in [-0.2, -0.15) is 0 Å². The maximum Gasteiger partial charge on any atom is 0.233 e. The first-order chi connectivity index (χ1) is 8.35. The van der Waals surface area contributed by atoms with E-state index in [1.165, 1.54) is 0 Å². The predicted octanol–water partition coefficient (Wildman–Crippen LogP) is 1.32. The second-order valence-electron chi connectivity index (χ2n) is 5.23. The highest BCUT2D eigenvalue weighted by Gasteiger charge is 2.36. The number of Topliss-reactive ketones (excluding diaryl/α,β-unsaturated/α-hetero) is 1. The molecule has 0 aromatic carbocycles. The molecule has 1 rings (SSSR count). The van der Waals surface area contributed by atoms with E-state index in [1.54, 1.807) is 26.4 Å². The molecule has 0 saturated carbocycles. The number of rotatable bonds is 6. The summed E-state index contributed by atoms with van der Waals surface area (Å²) in [7, 11) is 0. The molecule has 0 radical (unpaired) electrons. The van der Waals surface area contributed by atoms with Gasteiger partial charge in [-0.1, -0.05) is 13.8 Å². The first kappa shape index (κ1) is 14.4. The lowest BCUT2D eigenvalue weighted by atomic mass is 9.81. The number of hydrogen-bond acceptors (Lipinski definition) is 3. The topological polar surface area (TPSA) is 74.8 Å². The second kappa shape index (κ2) is 5.80. The van der Waals surface area contributed by atoms with Crippen molar-refractivity contribution in [3.8, 4) is 0 Å². The third-order valence-electron chi connectivity index (χ3n) is 2.94. The van der Waals surface area contributed by atoms with Gasteiger partial charge < -0.3 is 10.3 Å². The molecule has 0 fully saturated rings. The predicted molar refractivity (Wildman–Crippen MR) is 68.9 cm³/mol. The third-order valence-corrected chi connectivity index (χ3v) is 2.94. The lowest BCUT2D eigenvalue weighted by molar-refractivity contribution is -0.141. The molecule has 18 heavy (non-hydrogen) atoms. The number of amides is 1. The molecular formula is C13H21N3O2. The lowest BCUT2D eigenvalue weighted by Gasteiger charge is -2.24. The fourth-order valence-electron chi connectivity index (χ4n) is 1.79. The molecule has 0 bridgehead atoms.